The minimum atomic E-state index is -0.759. The number of fused-ring (bicyclic) bond motifs is 2. The van der Waals surface area contributed by atoms with Gasteiger partial charge in [-0.1, -0.05) is 18.2 Å². The van der Waals surface area contributed by atoms with Crippen LogP contribution >= 0.6 is 0 Å². The number of benzene rings is 2. The fraction of sp³-hybridized carbons (Fsp3) is 0.0952. The number of aromatic amines is 1. The van der Waals surface area contributed by atoms with Crippen LogP contribution in [0.4, 0.5) is 5.69 Å². The molecule has 3 heterocycles. The Balaban J connectivity index is 1.70. The Morgan fingerprint density at radius 3 is 2.79 bits per heavy atom. The van der Waals surface area contributed by atoms with E-state index in [2.05, 4.69) is 9.98 Å². The van der Waals surface area contributed by atoms with E-state index in [1.165, 1.54) is 0 Å². The fourth-order valence-corrected chi connectivity index (χ4v) is 3.49. The summed E-state index contributed by atoms with van der Waals surface area (Å²) >= 11 is 0. The molecule has 0 unspecified atom stereocenters. The first-order chi connectivity index (χ1) is 14.0. The maximum absolute atomic E-state index is 12.5. The van der Waals surface area contributed by atoms with Crippen LogP contribution < -0.4 is 20.7 Å². The second-order valence-electron chi connectivity index (χ2n) is 6.64. The lowest BCUT2D eigenvalue weighted by Gasteiger charge is -2.11. The van der Waals surface area contributed by atoms with Gasteiger partial charge in [0.1, 0.15) is 5.56 Å². The van der Waals surface area contributed by atoms with Crippen molar-refractivity contribution in [1.29, 1.82) is 0 Å². The molecule has 3 aromatic rings. The van der Waals surface area contributed by atoms with Crippen LogP contribution in [0.2, 0.25) is 0 Å². The first-order valence-corrected chi connectivity index (χ1v) is 8.88. The number of hydrogen-bond acceptors (Lipinski definition) is 6. The van der Waals surface area contributed by atoms with Crippen molar-refractivity contribution in [3.05, 3.63) is 74.4 Å². The zero-order valence-electron chi connectivity index (χ0n) is 15.3. The van der Waals surface area contributed by atoms with Gasteiger partial charge in [-0.25, -0.2) is 9.36 Å². The minimum Gasteiger partial charge on any atom is -0.494 e. The molecule has 0 radical (unpaired) electrons. The largest absolute Gasteiger partial charge is 0.494 e. The molecule has 0 amide bonds. The number of aliphatic imine (C=N–C) groups is 1. The van der Waals surface area contributed by atoms with Gasteiger partial charge in [-0.05, 0) is 31.2 Å². The molecule has 0 bridgehead atoms. The predicted molar refractivity (Wildman–Crippen MR) is 108 cm³/mol. The summed E-state index contributed by atoms with van der Waals surface area (Å²) in [6, 6.07) is 12.3. The molecule has 8 nitrogen and oxygen atoms in total. The van der Waals surface area contributed by atoms with Gasteiger partial charge in [0.25, 0.3) is 5.56 Å². The monoisotopic (exact) mass is 389 g/mol. The normalized spacial score (nSPS) is 15.5. The van der Waals surface area contributed by atoms with E-state index in [0.717, 1.165) is 15.8 Å². The third-order valence-corrected chi connectivity index (χ3v) is 4.90. The minimum absolute atomic E-state index is 0.0384. The number of aromatic nitrogens is 2. The molecule has 2 aliphatic rings. The van der Waals surface area contributed by atoms with E-state index in [1.54, 1.807) is 24.3 Å². The fourth-order valence-electron chi connectivity index (χ4n) is 3.49. The van der Waals surface area contributed by atoms with E-state index in [0.29, 0.717) is 28.5 Å². The number of allylic oxidation sites excluding steroid dienone is 1. The van der Waals surface area contributed by atoms with Gasteiger partial charge in [0.2, 0.25) is 12.7 Å². The quantitative estimate of drug-likeness (QED) is 0.701. The van der Waals surface area contributed by atoms with Gasteiger partial charge >= 0.3 is 5.69 Å². The number of aromatic hydroxyl groups is 1. The summed E-state index contributed by atoms with van der Waals surface area (Å²) in [6.45, 7) is 1.91. The van der Waals surface area contributed by atoms with Crippen LogP contribution in [0.15, 0.2) is 57.0 Å². The first-order valence-electron chi connectivity index (χ1n) is 8.88. The van der Waals surface area contributed by atoms with Gasteiger partial charge in [0.15, 0.2) is 11.5 Å². The maximum atomic E-state index is 12.5. The number of rotatable bonds is 2. The number of nitrogens with one attached hydrogen (secondary N) is 1. The van der Waals surface area contributed by atoms with Crippen LogP contribution in [0.1, 0.15) is 18.1 Å². The SMILES string of the molecule is CC1=Nc2ccccc2/C1=C/c1c(O)n(-c2ccc3c(c2)OCO3)c(=O)[nH]c1=O. The highest BCUT2D eigenvalue weighted by molar-refractivity contribution is 6.31. The molecule has 0 saturated heterocycles. The average molecular weight is 389 g/mol. The molecule has 144 valence electrons. The van der Waals surface area contributed by atoms with Crippen molar-refractivity contribution in [2.24, 2.45) is 4.99 Å². The number of H-pyrrole nitrogens is 1. The molecule has 0 spiro atoms. The molecule has 2 aromatic carbocycles. The third-order valence-electron chi connectivity index (χ3n) is 4.90. The Hall–Kier alpha value is -4.07. The Bertz CT molecular complexity index is 1350. The van der Waals surface area contributed by atoms with Crippen molar-refractivity contribution in [2.75, 3.05) is 6.79 Å². The molecule has 0 atom stereocenters. The lowest BCUT2D eigenvalue weighted by Crippen LogP contribution is -2.30. The average Bonchev–Trinajstić information content (AvgIpc) is 3.28. The van der Waals surface area contributed by atoms with Gasteiger partial charge in [-0.15, -0.1) is 0 Å². The summed E-state index contributed by atoms with van der Waals surface area (Å²) in [5.41, 5.74) is 1.91. The Morgan fingerprint density at radius 1 is 1.14 bits per heavy atom. The molecule has 5 rings (SSSR count). The van der Waals surface area contributed by atoms with Gasteiger partial charge in [0, 0.05) is 22.9 Å². The molecule has 1 aromatic heterocycles. The second-order valence-corrected chi connectivity index (χ2v) is 6.64. The Kier molecular flexibility index (Phi) is 3.67. The molecule has 0 aliphatic carbocycles. The van der Waals surface area contributed by atoms with Gasteiger partial charge < -0.3 is 14.6 Å². The summed E-state index contributed by atoms with van der Waals surface area (Å²) in [7, 11) is 0. The lowest BCUT2D eigenvalue weighted by molar-refractivity contribution is 0.174. The molecule has 8 heteroatoms. The first kappa shape index (κ1) is 17.1. The molecule has 2 aliphatic heterocycles. The van der Waals surface area contributed by atoms with Crippen molar-refractivity contribution in [3.8, 4) is 23.1 Å². The topological polar surface area (TPSA) is 106 Å². The highest BCUT2D eigenvalue weighted by Gasteiger charge is 2.22. The van der Waals surface area contributed by atoms with Crippen molar-refractivity contribution in [3.63, 3.8) is 0 Å². The zero-order chi connectivity index (χ0) is 20.1. The Morgan fingerprint density at radius 2 is 1.93 bits per heavy atom. The smallest absolute Gasteiger partial charge is 0.335 e. The molecular formula is C21H15N3O5. The zero-order valence-corrected chi connectivity index (χ0v) is 15.3. The van der Waals surface area contributed by atoms with Gasteiger partial charge in [0.05, 0.1) is 11.4 Å². The van der Waals surface area contributed by atoms with Crippen LogP contribution in [0, 0.1) is 0 Å². The molecular weight excluding hydrogens is 374 g/mol. The molecule has 0 saturated carbocycles. The van der Waals surface area contributed by atoms with Crippen LogP contribution in [0.5, 0.6) is 17.4 Å². The predicted octanol–water partition coefficient (Wildman–Crippen LogP) is 2.61. The number of para-hydroxylation sites is 1. The van der Waals surface area contributed by atoms with E-state index >= 15 is 0 Å². The molecule has 0 fully saturated rings. The van der Waals surface area contributed by atoms with Crippen molar-refractivity contribution >= 4 is 23.0 Å². The van der Waals surface area contributed by atoms with Crippen molar-refractivity contribution < 1.29 is 14.6 Å². The third kappa shape index (κ3) is 2.65. The van der Waals surface area contributed by atoms with E-state index < -0.39 is 17.1 Å². The Labute approximate surface area is 164 Å². The van der Waals surface area contributed by atoms with Gasteiger partial charge in [-0.3, -0.25) is 14.8 Å². The highest BCUT2D eigenvalue weighted by Crippen LogP contribution is 2.37. The highest BCUT2D eigenvalue weighted by atomic mass is 16.7. The van der Waals surface area contributed by atoms with Crippen molar-refractivity contribution in [2.45, 2.75) is 6.92 Å². The van der Waals surface area contributed by atoms with E-state index in [-0.39, 0.29) is 12.4 Å². The van der Waals surface area contributed by atoms with Gasteiger partial charge in [-0.2, -0.15) is 0 Å². The second kappa shape index (κ2) is 6.23. The summed E-state index contributed by atoms with van der Waals surface area (Å²) in [5.74, 6) is 0.525. The number of nitrogens with zero attached hydrogens (tertiary/aromatic N) is 2. The maximum Gasteiger partial charge on any atom is 0.335 e. The number of ether oxygens (including phenoxy) is 2. The van der Waals surface area contributed by atoms with Crippen LogP contribution in [-0.2, 0) is 0 Å². The number of hydrogen-bond donors (Lipinski definition) is 2. The van der Waals surface area contributed by atoms with Crippen LogP contribution in [0.3, 0.4) is 0 Å². The van der Waals surface area contributed by atoms with Crippen molar-refractivity contribution in [1.82, 2.24) is 9.55 Å². The van der Waals surface area contributed by atoms with Crippen LogP contribution in [0.25, 0.3) is 17.3 Å². The standard InChI is InChI=1S/C21H15N3O5/c1-11-14(13-4-2-3-5-16(13)22-11)9-15-19(25)23-21(27)24(20(15)26)12-6-7-17-18(8-12)29-10-28-17/h2-9,26H,10H2,1H3,(H,23,25,27)/b14-9+. The lowest BCUT2D eigenvalue weighted by atomic mass is 10.0. The molecule has 2 N–H and O–H groups in total. The van der Waals surface area contributed by atoms with Crippen LogP contribution in [-0.4, -0.2) is 27.2 Å². The summed E-state index contributed by atoms with van der Waals surface area (Å²) in [6.07, 6.45) is 1.54. The summed E-state index contributed by atoms with van der Waals surface area (Å²) < 4.78 is 11.6. The summed E-state index contributed by atoms with van der Waals surface area (Å²) in [5, 5.41) is 10.8. The van der Waals surface area contributed by atoms with E-state index in [1.807, 2.05) is 31.2 Å². The van der Waals surface area contributed by atoms with E-state index in [4.69, 9.17) is 9.47 Å². The molecule has 29 heavy (non-hydrogen) atoms. The summed E-state index contributed by atoms with van der Waals surface area (Å²) in [4.78, 5) is 31.7. The van der Waals surface area contributed by atoms with E-state index in [9.17, 15) is 14.7 Å².